The zero-order valence-corrected chi connectivity index (χ0v) is 11.4. The molecule has 1 aliphatic heterocycles. The fraction of sp³-hybridized carbons (Fsp3) is 0.235. The largest absolute Gasteiger partial charge is 0.352 e. The van der Waals surface area contributed by atoms with Gasteiger partial charge in [-0.15, -0.1) is 0 Å². The van der Waals surface area contributed by atoms with E-state index in [1.165, 1.54) is 16.7 Å². The molecule has 0 aromatic heterocycles. The van der Waals surface area contributed by atoms with Crippen molar-refractivity contribution in [2.24, 2.45) is 4.99 Å². The lowest BCUT2D eigenvalue weighted by molar-refractivity contribution is 0.427. The van der Waals surface area contributed by atoms with Gasteiger partial charge in [-0.2, -0.15) is 0 Å². The van der Waals surface area contributed by atoms with Crippen LogP contribution in [0.2, 0.25) is 0 Å². The van der Waals surface area contributed by atoms with Crippen molar-refractivity contribution in [3.05, 3.63) is 71.3 Å². The van der Waals surface area contributed by atoms with Crippen LogP contribution in [0, 0.1) is 0 Å². The molecule has 0 fully saturated rings. The molecule has 2 heteroatoms. The maximum atomic E-state index is 4.66. The fourth-order valence-electron chi connectivity index (χ4n) is 2.69. The lowest BCUT2D eigenvalue weighted by atomic mass is 9.94. The average Bonchev–Trinajstić information content (AvgIpc) is 2.58. The maximum absolute atomic E-state index is 4.66. The van der Waals surface area contributed by atoms with Gasteiger partial charge in [-0.05, 0) is 23.6 Å². The highest BCUT2D eigenvalue weighted by atomic mass is 15.2. The van der Waals surface area contributed by atoms with Gasteiger partial charge in [0, 0.05) is 7.05 Å². The molecule has 0 aliphatic carbocycles. The van der Waals surface area contributed by atoms with Crippen LogP contribution in [0.15, 0.2) is 59.6 Å². The summed E-state index contributed by atoms with van der Waals surface area (Å²) in [6.07, 6.45) is 0. The summed E-state index contributed by atoms with van der Waals surface area (Å²) < 4.78 is 0. The third kappa shape index (κ3) is 2.14. The Morgan fingerprint density at radius 1 is 1.00 bits per heavy atom. The summed E-state index contributed by atoms with van der Waals surface area (Å²) in [6.45, 7) is 2.86. The monoisotopic (exact) mass is 250 g/mol. The van der Waals surface area contributed by atoms with Crippen molar-refractivity contribution in [1.29, 1.82) is 0 Å². The van der Waals surface area contributed by atoms with Gasteiger partial charge in [-0.25, -0.2) is 0 Å². The molecule has 19 heavy (non-hydrogen) atoms. The normalized spacial score (nSPS) is 18.5. The predicted molar refractivity (Wildman–Crippen MR) is 79.3 cm³/mol. The van der Waals surface area contributed by atoms with E-state index in [1.807, 2.05) is 0 Å². The minimum Gasteiger partial charge on any atom is -0.352 e. The average molecular weight is 250 g/mol. The Labute approximate surface area is 114 Å². The van der Waals surface area contributed by atoms with Crippen molar-refractivity contribution in [1.82, 2.24) is 4.90 Å². The molecule has 0 amide bonds. The number of benzene rings is 2. The second-order valence-corrected chi connectivity index (χ2v) is 4.99. The molecule has 2 aromatic rings. The maximum Gasteiger partial charge on any atom is 0.0966 e. The highest BCUT2D eigenvalue weighted by molar-refractivity contribution is 5.81. The first-order valence-electron chi connectivity index (χ1n) is 6.64. The number of hydrogen-bond acceptors (Lipinski definition) is 2. The van der Waals surface area contributed by atoms with Crippen molar-refractivity contribution < 1.29 is 0 Å². The lowest BCUT2D eigenvalue weighted by Crippen LogP contribution is -2.29. The standard InChI is InChI=1S/C17H18N2/c1-13-18-12-15-10-6-7-11-16(15)17(19(13)2)14-8-4-3-5-9-14/h3-11,17H,12H2,1-2H3. The molecule has 3 rings (SSSR count). The topological polar surface area (TPSA) is 15.6 Å². The fourth-order valence-corrected chi connectivity index (χ4v) is 2.69. The van der Waals surface area contributed by atoms with Crippen molar-refractivity contribution in [3.63, 3.8) is 0 Å². The molecule has 1 atom stereocenters. The highest BCUT2D eigenvalue weighted by Gasteiger charge is 2.24. The molecular weight excluding hydrogens is 232 g/mol. The molecule has 2 nitrogen and oxygen atoms in total. The first-order chi connectivity index (χ1) is 9.27. The highest BCUT2D eigenvalue weighted by Crippen LogP contribution is 2.32. The Bertz CT molecular complexity index is 602. The van der Waals surface area contributed by atoms with Crippen molar-refractivity contribution in [2.75, 3.05) is 7.05 Å². The van der Waals surface area contributed by atoms with Crippen LogP contribution in [0.1, 0.15) is 29.7 Å². The van der Waals surface area contributed by atoms with Crippen LogP contribution in [0.3, 0.4) is 0 Å². The Morgan fingerprint density at radius 3 is 2.47 bits per heavy atom. The first kappa shape index (κ1) is 12.0. The van der Waals surface area contributed by atoms with Crippen LogP contribution in [-0.4, -0.2) is 17.8 Å². The molecule has 2 aromatic carbocycles. The molecular formula is C17H18N2. The third-order valence-corrected chi connectivity index (χ3v) is 3.84. The molecule has 1 unspecified atom stereocenters. The van der Waals surface area contributed by atoms with Crippen LogP contribution in [0.4, 0.5) is 0 Å². The second kappa shape index (κ2) is 4.88. The Kier molecular flexibility index (Phi) is 3.08. The molecule has 0 N–H and O–H groups in total. The lowest BCUT2D eigenvalue weighted by Gasteiger charge is -2.29. The first-order valence-corrected chi connectivity index (χ1v) is 6.64. The Hall–Kier alpha value is -2.09. The van der Waals surface area contributed by atoms with Crippen LogP contribution in [0.5, 0.6) is 0 Å². The zero-order chi connectivity index (χ0) is 13.2. The van der Waals surface area contributed by atoms with E-state index in [1.54, 1.807) is 0 Å². The minimum absolute atomic E-state index is 0.253. The van der Waals surface area contributed by atoms with Crippen LogP contribution in [-0.2, 0) is 6.54 Å². The zero-order valence-electron chi connectivity index (χ0n) is 11.4. The predicted octanol–water partition coefficient (Wildman–Crippen LogP) is 3.64. The number of nitrogens with zero attached hydrogens (tertiary/aromatic N) is 2. The number of amidine groups is 1. The summed E-state index contributed by atoms with van der Waals surface area (Å²) in [7, 11) is 2.12. The van der Waals surface area contributed by atoms with Gasteiger partial charge in [-0.3, -0.25) is 4.99 Å². The van der Waals surface area contributed by atoms with Gasteiger partial charge in [0.1, 0.15) is 0 Å². The van der Waals surface area contributed by atoms with E-state index >= 15 is 0 Å². The van der Waals surface area contributed by atoms with Gasteiger partial charge in [0.2, 0.25) is 0 Å². The number of aliphatic imine (C=N–C) groups is 1. The van der Waals surface area contributed by atoms with E-state index in [-0.39, 0.29) is 6.04 Å². The summed E-state index contributed by atoms with van der Waals surface area (Å²) >= 11 is 0. The minimum atomic E-state index is 0.253. The smallest absolute Gasteiger partial charge is 0.0966 e. The summed E-state index contributed by atoms with van der Waals surface area (Å²) in [6, 6.07) is 19.5. The summed E-state index contributed by atoms with van der Waals surface area (Å²) in [5.74, 6) is 1.09. The number of fused-ring (bicyclic) bond motifs is 1. The molecule has 1 heterocycles. The SMILES string of the molecule is CC1=NCc2ccccc2C(c2ccccc2)N1C. The van der Waals surface area contributed by atoms with Gasteiger partial charge < -0.3 is 4.90 Å². The molecule has 96 valence electrons. The van der Waals surface area contributed by atoms with Crippen molar-refractivity contribution in [2.45, 2.75) is 19.5 Å². The van der Waals surface area contributed by atoms with Crippen LogP contribution >= 0.6 is 0 Å². The molecule has 1 aliphatic rings. The van der Waals surface area contributed by atoms with E-state index in [0.717, 1.165) is 12.4 Å². The summed E-state index contributed by atoms with van der Waals surface area (Å²) in [5.41, 5.74) is 3.99. The van der Waals surface area contributed by atoms with E-state index in [4.69, 9.17) is 0 Å². The molecule has 0 bridgehead atoms. The Morgan fingerprint density at radius 2 is 1.68 bits per heavy atom. The van der Waals surface area contributed by atoms with E-state index < -0.39 is 0 Å². The summed E-state index contributed by atoms with van der Waals surface area (Å²) in [4.78, 5) is 6.93. The van der Waals surface area contributed by atoms with Gasteiger partial charge >= 0.3 is 0 Å². The number of hydrogen-bond donors (Lipinski definition) is 0. The van der Waals surface area contributed by atoms with Crippen molar-refractivity contribution in [3.8, 4) is 0 Å². The molecule has 0 spiro atoms. The summed E-state index contributed by atoms with van der Waals surface area (Å²) in [5, 5.41) is 0. The van der Waals surface area contributed by atoms with Gasteiger partial charge in [0.15, 0.2) is 0 Å². The molecule has 0 saturated heterocycles. The quantitative estimate of drug-likeness (QED) is 0.754. The Balaban J connectivity index is 2.17. The second-order valence-electron chi connectivity index (χ2n) is 4.99. The van der Waals surface area contributed by atoms with E-state index in [0.29, 0.717) is 0 Å². The van der Waals surface area contributed by atoms with Crippen molar-refractivity contribution >= 4 is 5.84 Å². The van der Waals surface area contributed by atoms with Crippen LogP contribution in [0.25, 0.3) is 0 Å². The van der Waals surface area contributed by atoms with Gasteiger partial charge in [-0.1, -0.05) is 54.6 Å². The van der Waals surface area contributed by atoms with Gasteiger partial charge in [0.25, 0.3) is 0 Å². The van der Waals surface area contributed by atoms with E-state index in [9.17, 15) is 0 Å². The number of rotatable bonds is 1. The van der Waals surface area contributed by atoms with Crippen LogP contribution < -0.4 is 0 Å². The molecule has 0 saturated carbocycles. The third-order valence-electron chi connectivity index (χ3n) is 3.84. The van der Waals surface area contributed by atoms with Gasteiger partial charge in [0.05, 0.1) is 18.4 Å². The molecule has 0 radical (unpaired) electrons. The van der Waals surface area contributed by atoms with E-state index in [2.05, 4.69) is 78.5 Å².